The Morgan fingerprint density at radius 2 is 2.08 bits per heavy atom. The van der Waals surface area contributed by atoms with Crippen molar-refractivity contribution in [1.82, 2.24) is 20.3 Å². The fourth-order valence-corrected chi connectivity index (χ4v) is 2.78. The van der Waals surface area contributed by atoms with E-state index in [1.54, 1.807) is 24.5 Å². The summed E-state index contributed by atoms with van der Waals surface area (Å²) in [6.45, 7) is 0.713. The van der Waals surface area contributed by atoms with Crippen LogP contribution in [0, 0.1) is 0 Å². The highest BCUT2D eigenvalue weighted by atomic mass is 32.2. The number of amides is 2. The molecule has 0 bridgehead atoms. The number of nitrogens with one attached hydrogen (secondary N) is 1. The number of likely N-dealkylation sites (N-methyl/N-ethyl adjacent to an activating group) is 1. The SMILES string of the molecule is CN(CCc1ccccn1)c1nccc(/C=C2/SC(=O)NC2=O)n1. The molecule has 0 radical (unpaired) electrons. The normalized spacial score (nSPS) is 15.6. The Morgan fingerprint density at radius 3 is 2.79 bits per heavy atom. The molecule has 3 heterocycles. The van der Waals surface area contributed by atoms with Gasteiger partial charge >= 0.3 is 0 Å². The summed E-state index contributed by atoms with van der Waals surface area (Å²) in [4.78, 5) is 38.0. The molecule has 2 aromatic heterocycles. The largest absolute Gasteiger partial charge is 0.343 e. The van der Waals surface area contributed by atoms with Gasteiger partial charge in [0.1, 0.15) is 0 Å². The molecule has 3 rings (SSSR count). The molecule has 7 nitrogen and oxygen atoms in total. The predicted molar refractivity (Wildman–Crippen MR) is 92.3 cm³/mol. The van der Waals surface area contributed by atoms with Crippen molar-refractivity contribution in [2.75, 3.05) is 18.5 Å². The summed E-state index contributed by atoms with van der Waals surface area (Å²) >= 11 is 0.870. The van der Waals surface area contributed by atoms with Crippen molar-refractivity contribution >= 4 is 34.9 Å². The molecule has 0 aliphatic carbocycles. The monoisotopic (exact) mass is 341 g/mol. The summed E-state index contributed by atoms with van der Waals surface area (Å²) in [5.41, 5.74) is 1.58. The Hall–Kier alpha value is -2.74. The quantitative estimate of drug-likeness (QED) is 0.831. The van der Waals surface area contributed by atoms with Crippen LogP contribution in [0.15, 0.2) is 41.6 Å². The summed E-state index contributed by atoms with van der Waals surface area (Å²) in [6, 6.07) is 7.51. The molecule has 1 saturated heterocycles. The molecule has 0 atom stereocenters. The summed E-state index contributed by atoms with van der Waals surface area (Å²) in [6.07, 6.45) is 5.76. The van der Waals surface area contributed by atoms with Crippen molar-refractivity contribution in [3.05, 3.63) is 53.0 Å². The molecule has 2 aromatic rings. The van der Waals surface area contributed by atoms with Gasteiger partial charge in [-0.25, -0.2) is 9.97 Å². The van der Waals surface area contributed by atoms with Gasteiger partial charge in [-0.1, -0.05) is 6.07 Å². The zero-order chi connectivity index (χ0) is 16.9. The van der Waals surface area contributed by atoms with Crippen molar-refractivity contribution in [3.63, 3.8) is 0 Å². The van der Waals surface area contributed by atoms with Crippen LogP contribution in [-0.4, -0.2) is 39.7 Å². The van der Waals surface area contributed by atoms with Crippen LogP contribution in [-0.2, 0) is 11.2 Å². The second-order valence-electron chi connectivity index (χ2n) is 5.13. The first kappa shape index (κ1) is 16.1. The second kappa shape index (κ2) is 7.22. The molecule has 24 heavy (non-hydrogen) atoms. The van der Waals surface area contributed by atoms with Crippen LogP contribution in [0.3, 0.4) is 0 Å². The maximum absolute atomic E-state index is 11.6. The summed E-state index contributed by atoms with van der Waals surface area (Å²) in [5.74, 6) is 0.156. The van der Waals surface area contributed by atoms with Crippen molar-refractivity contribution in [1.29, 1.82) is 0 Å². The summed E-state index contributed by atoms with van der Waals surface area (Å²) < 4.78 is 0. The highest BCUT2D eigenvalue weighted by Crippen LogP contribution is 2.25. The van der Waals surface area contributed by atoms with Gasteiger partial charge < -0.3 is 4.90 Å². The number of pyridine rings is 1. The minimum atomic E-state index is -0.395. The van der Waals surface area contributed by atoms with E-state index in [9.17, 15) is 9.59 Å². The zero-order valence-corrected chi connectivity index (χ0v) is 13.8. The van der Waals surface area contributed by atoms with E-state index in [-0.39, 0.29) is 5.24 Å². The van der Waals surface area contributed by atoms with Gasteiger partial charge in [-0.15, -0.1) is 0 Å². The van der Waals surface area contributed by atoms with Crippen molar-refractivity contribution in [3.8, 4) is 0 Å². The lowest BCUT2D eigenvalue weighted by Crippen LogP contribution is -2.23. The van der Waals surface area contributed by atoms with Crippen LogP contribution in [0.25, 0.3) is 6.08 Å². The highest BCUT2D eigenvalue weighted by molar-refractivity contribution is 8.18. The molecule has 0 saturated carbocycles. The molecule has 1 aliphatic heterocycles. The Labute approximate surface area is 143 Å². The number of rotatable bonds is 5. The molecule has 0 spiro atoms. The molecule has 1 N–H and O–H groups in total. The van der Waals surface area contributed by atoms with Gasteiger partial charge in [0, 0.05) is 38.1 Å². The van der Waals surface area contributed by atoms with Crippen LogP contribution in [0.4, 0.5) is 10.7 Å². The molecule has 8 heteroatoms. The van der Waals surface area contributed by atoms with Crippen molar-refractivity contribution in [2.45, 2.75) is 6.42 Å². The van der Waals surface area contributed by atoms with Crippen LogP contribution in [0.5, 0.6) is 0 Å². The van der Waals surface area contributed by atoms with Gasteiger partial charge in [0.05, 0.1) is 10.6 Å². The van der Waals surface area contributed by atoms with Gasteiger partial charge in [-0.3, -0.25) is 19.9 Å². The summed E-state index contributed by atoms with van der Waals surface area (Å²) in [5, 5.41) is 1.85. The minimum Gasteiger partial charge on any atom is -0.343 e. The first-order chi connectivity index (χ1) is 11.6. The number of anilines is 1. The van der Waals surface area contributed by atoms with Crippen molar-refractivity contribution in [2.24, 2.45) is 0 Å². The van der Waals surface area contributed by atoms with Crippen LogP contribution in [0.1, 0.15) is 11.4 Å². The zero-order valence-electron chi connectivity index (χ0n) is 13.0. The minimum absolute atomic E-state index is 0.334. The lowest BCUT2D eigenvalue weighted by molar-refractivity contribution is -0.115. The number of hydrogen-bond acceptors (Lipinski definition) is 7. The van der Waals surface area contributed by atoms with Crippen LogP contribution < -0.4 is 10.2 Å². The van der Waals surface area contributed by atoms with Gasteiger partial charge in [0.2, 0.25) is 5.95 Å². The average Bonchev–Trinajstić information content (AvgIpc) is 2.91. The van der Waals surface area contributed by atoms with E-state index in [4.69, 9.17) is 0 Å². The van der Waals surface area contributed by atoms with E-state index in [2.05, 4.69) is 20.3 Å². The van der Waals surface area contributed by atoms with Gasteiger partial charge in [-0.2, -0.15) is 0 Å². The molecule has 1 fully saturated rings. The standard InChI is InChI=1S/C16H15N5O2S/c1-21(9-6-11-4-2-3-7-17-11)15-18-8-5-12(19-15)10-13-14(22)20-16(23)24-13/h2-5,7-8,10H,6,9H2,1H3,(H,20,22,23)/b13-10+. The number of carbonyl (C=O) groups excluding carboxylic acids is 2. The Bertz CT molecular complexity index is 794. The second-order valence-corrected chi connectivity index (χ2v) is 6.14. The topological polar surface area (TPSA) is 88.1 Å². The van der Waals surface area contributed by atoms with Gasteiger partial charge in [-0.05, 0) is 36.0 Å². The van der Waals surface area contributed by atoms with E-state index in [0.717, 1.165) is 23.9 Å². The third-order valence-corrected chi connectivity index (χ3v) is 4.17. The summed E-state index contributed by atoms with van der Waals surface area (Å²) in [7, 11) is 1.90. The van der Waals surface area contributed by atoms with Crippen LogP contribution >= 0.6 is 11.8 Å². The fraction of sp³-hybridized carbons (Fsp3) is 0.188. The molecule has 0 aromatic carbocycles. The third-order valence-electron chi connectivity index (χ3n) is 3.36. The highest BCUT2D eigenvalue weighted by Gasteiger charge is 2.25. The smallest absolute Gasteiger partial charge is 0.290 e. The Morgan fingerprint density at radius 1 is 1.21 bits per heavy atom. The number of nitrogens with zero attached hydrogens (tertiary/aromatic N) is 4. The Kier molecular flexibility index (Phi) is 4.85. The van der Waals surface area contributed by atoms with E-state index in [1.807, 2.05) is 30.1 Å². The number of thioether (sulfide) groups is 1. The lowest BCUT2D eigenvalue weighted by atomic mass is 10.2. The van der Waals surface area contributed by atoms with Gasteiger partial charge in [0.15, 0.2) is 0 Å². The van der Waals surface area contributed by atoms with Crippen molar-refractivity contribution < 1.29 is 9.59 Å². The van der Waals surface area contributed by atoms with E-state index < -0.39 is 5.91 Å². The lowest BCUT2D eigenvalue weighted by Gasteiger charge is -2.16. The molecule has 0 unspecified atom stereocenters. The Balaban J connectivity index is 1.69. The van der Waals surface area contributed by atoms with Crippen LogP contribution in [0.2, 0.25) is 0 Å². The predicted octanol–water partition coefficient (Wildman–Crippen LogP) is 1.87. The maximum atomic E-state index is 11.6. The molecular weight excluding hydrogens is 326 g/mol. The molecule has 2 amide bonds. The molecule has 122 valence electrons. The van der Waals surface area contributed by atoms with E-state index in [0.29, 0.717) is 23.1 Å². The fourth-order valence-electron chi connectivity index (χ4n) is 2.11. The first-order valence-electron chi connectivity index (χ1n) is 7.31. The molecular formula is C16H15N5O2S. The van der Waals surface area contributed by atoms with E-state index >= 15 is 0 Å². The maximum Gasteiger partial charge on any atom is 0.290 e. The third kappa shape index (κ3) is 3.96. The number of hydrogen-bond donors (Lipinski definition) is 1. The average molecular weight is 341 g/mol. The first-order valence-corrected chi connectivity index (χ1v) is 8.12. The number of imide groups is 1. The van der Waals surface area contributed by atoms with E-state index in [1.165, 1.54) is 0 Å². The van der Waals surface area contributed by atoms with Gasteiger partial charge in [0.25, 0.3) is 11.1 Å². The molecule has 1 aliphatic rings. The number of carbonyl (C=O) groups is 2. The number of aromatic nitrogens is 3.